The molecule has 0 bridgehead atoms. The van der Waals surface area contributed by atoms with Crippen molar-refractivity contribution in [1.82, 2.24) is 10.0 Å². The Morgan fingerprint density at radius 3 is 2.52 bits per heavy atom. The number of rotatable bonds is 7. The molecule has 1 aromatic heterocycles. The Labute approximate surface area is 125 Å². The van der Waals surface area contributed by atoms with Crippen molar-refractivity contribution in [1.29, 1.82) is 0 Å². The normalized spacial score (nSPS) is 13.2. The average Bonchev–Trinajstić information content (AvgIpc) is 2.98. The predicted molar refractivity (Wildman–Crippen MR) is 81.5 cm³/mol. The first-order valence-electron chi connectivity index (χ1n) is 6.81. The molecule has 0 amide bonds. The largest absolute Gasteiger partial charge is 0.447 e. The molecule has 114 valence electrons. The van der Waals surface area contributed by atoms with Crippen molar-refractivity contribution in [2.75, 3.05) is 13.6 Å². The van der Waals surface area contributed by atoms with Gasteiger partial charge in [0.05, 0.1) is 6.54 Å². The van der Waals surface area contributed by atoms with Gasteiger partial charge >= 0.3 is 0 Å². The summed E-state index contributed by atoms with van der Waals surface area (Å²) >= 11 is 0. The summed E-state index contributed by atoms with van der Waals surface area (Å²) in [6.45, 7) is 3.43. The van der Waals surface area contributed by atoms with Crippen LogP contribution in [-0.2, 0) is 16.6 Å². The Kier molecular flexibility index (Phi) is 5.17. The second-order valence-corrected chi connectivity index (χ2v) is 6.69. The van der Waals surface area contributed by atoms with Gasteiger partial charge in [0.2, 0.25) is 5.09 Å². The highest BCUT2D eigenvalue weighted by Gasteiger charge is 2.16. The molecule has 2 N–H and O–H groups in total. The molecule has 0 aliphatic heterocycles. The van der Waals surface area contributed by atoms with Gasteiger partial charge in [-0.1, -0.05) is 37.3 Å². The van der Waals surface area contributed by atoms with Crippen molar-refractivity contribution in [2.45, 2.75) is 24.5 Å². The quantitative estimate of drug-likeness (QED) is 0.821. The minimum atomic E-state index is -3.51. The number of furan rings is 1. The van der Waals surface area contributed by atoms with Crippen LogP contribution in [0.3, 0.4) is 0 Å². The molecule has 6 heteroatoms. The van der Waals surface area contributed by atoms with Crippen LogP contribution in [0.5, 0.6) is 0 Å². The highest BCUT2D eigenvalue weighted by atomic mass is 32.2. The predicted octanol–water partition coefficient (Wildman–Crippen LogP) is 2.08. The lowest BCUT2D eigenvalue weighted by Crippen LogP contribution is -2.19. The standard InChI is InChI=1S/C15H20N2O3S/c1-12(13-6-4-3-5-7-13)10-17-11-14-8-9-15(20-14)21(18,19)16-2/h3-9,12,16-17H,10-11H2,1-2H3. The monoisotopic (exact) mass is 308 g/mol. The van der Waals surface area contributed by atoms with Gasteiger partial charge in [0.25, 0.3) is 10.0 Å². The van der Waals surface area contributed by atoms with E-state index in [4.69, 9.17) is 4.42 Å². The Morgan fingerprint density at radius 2 is 1.86 bits per heavy atom. The van der Waals surface area contributed by atoms with Crippen LogP contribution in [0.2, 0.25) is 0 Å². The molecule has 2 aromatic rings. The molecule has 0 saturated carbocycles. The third-order valence-corrected chi connectivity index (χ3v) is 4.58. The van der Waals surface area contributed by atoms with Crippen LogP contribution in [0.15, 0.2) is 52.0 Å². The van der Waals surface area contributed by atoms with E-state index < -0.39 is 10.0 Å². The van der Waals surface area contributed by atoms with E-state index in [0.29, 0.717) is 18.2 Å². The summed E-state index contributed by atoms with van der Waals surface area (Å²) < 4.78 is 30.7. The summed E-state index contributed by atoms with van der Waals surface area (Å²) in [5.41, 5.74) is 1.27. The summed E-state index contributed by atoms with van der Waals surface area (Å²) in [5, 5.41) is 3.22. The van der Waals surface area contributed by atoms with Crippen LogP contribution in [0.1, 0.15) is 24.2 Å². The Balaban J connectivity index is 1.87. The molecule has 0 radical (unpaired) electrons. The second kappa shape index (κ2) is 6.89. The maximum absolute atomic E-state index is 11.6. The smallest absolute Gasteiger partial charge is 0.273 e. The summed E-state index contributed by atoms with van der Waals surface area (Å²) in [4.78, 5) is 0. The molecule has 1 aromatic carbocycles. The van der Waals surface area contributed by atoms with Crippen molar-refractivity contribution < 1.29 is 12.8 Å². The molecular formula is C15H20N2O3S. The minimum Gasteiger partial charge on any atom is -0.447 e. The molecule has 1 unspecified atom stereocenters. The molecule has 2 rings (SSSR count). The van der Waals surface area contributed by atoms with E-state index in [-0.39, 0.29) is 5.09 Å². The van der Waals surface area contributed by atoms with Crippen molar-refractivity contribution in [3.8, 4) is 0 Å². The molecule has 0 spiro atoms. The van der Waals surface area contributed by atoms with Gasteiger partial charge in [0, 0.05) is 6.54 Å². The third kappa shape index (κ3) is 4.17. The Bertz CT molecular complexity index is 665. The Morgan fingerprint density at radius 1 is 1.14 bits per heavy atom. The number of nitrogens with one attached hydrogen (secondary N) is 2. The molecule has 21 heavy (non-hydrogen) atoms. The van der Waals surface area contributed by atoms with E-state index in [2.05, 4.69) is 29.1 Å². The van der Waals surface area contributed by atoms with Gasteiger partial charge in [-0.05, 0) is 30.7 Å². The number of hydrogen-bond donors (Lipinski definition) is 2. The molecule has 0 fully saturated rings. The van der Waals surface area contributed by atoms with Gasteiger partial charge in [0.1, 0.15) is 5.76 Å². The van der Waals surface area contributed by atoms with Crippen LogP contribution >= 0.6 is 0 Å². The topological polar surface area (TPSA) is 71.3 Å². The summed E-state index contributed by atoms with van der Waals surface area (Å²) in [6.07, 6.45) is 0. The van der Waals surface area contributed by atoms with Gasteiger partial charge in [-0.15, -0.1) is 0 Å². The first kappa shape index (κ1) is 15.8. The molecule has 0 aliphatic carbocycles. The summed E-state index contributed by atoms with van der Waals surface area (Å²) in [7, 11) is -2.15. The first-order valence-corrected chi connectivity index (χ1v) is 8.29. The van der Waals surface area contributed by atoms with E-state index in [9.17, 15) is 8.42 Å². The van der Waals surface area contributed by atoms with Crippen molar-refractivity contribution in [2.24, 2.45) is 0 Å². The fourth-order valence-electron chi connectivity index (χ4n) is 2.01. The van der Waals surface area contributed by atoms with Gasteiger partial charge in [-0.3, -0.25) is 0 Å². The lowest BCUT2D eigenvalue weighted by molar-refractivity contribution is 0.399. The highest BCUT2D eigenvalue weighted by Crippen LogP contribution is 2.15. The van der Waals surface area contributed by atoms with Gasteiger partial charge in [-0.2, -0.15) is 0 Å². The van der Waals surface area contributed by atoms with E-state index in [1.54, 1.807) is 6.07 Å². The molecule has 0 saturated heterocycles. The summed E-state index contributed by atoms with van der Waals surface area (Å²) in [6, 6.07) is 13.4. The van der Waals surface area contributed by atoms with Crippen LogP contribution in [0, 0.1) is 0 Å². The SMILES string of the molecule is CNS(=O)(=O)c1ccc(CNCC(C)c2ccccc2)o1. The van der Waals surface area contributed by atoms with Crippen LogP contribution in [0.25, 0.3) is 0 Å². The fraction of sp³-hybridized carbons (Fsp3) is 0.333. The number of sulfonamides is 1. The minimum absolute atomic E-state index is 0.0575. The zero-order valence-electron chi connectivity index (χ0n) is 12.2. The van der Waals surface area contributed by atoms with Crippen molar-refractivity contribution in [3.05, 3.63) is 53.8 Å². The third-order valence-electron chi connectivity index (χ3n) is 3.29. The molecule has 5 nitrogen and oxygen atoms in total. The van der Waals surface area contributed by atoms with E-state index in [1.165, 1.54) is 18.7 Å². The lowest BCUT2D eigenvalue weighted by Gasteiger charge is -2.12. The lowest BCUT2D eigenvalue weighted by atomic mass is 10.0. The number of hydrogen-bond acceptors (Lipinski definition) is 4. The van der Waals surface area contributed by atoms with Gasteiger partial charge in [0.15, 0.2) is 0 Å². The van der Waals surface area contributed by atoms with E-state index in [0.717, 1.165) is 6.54 Å². The number of benzene rings is 1. The van der Waals surface area contributed by atoms with Gasteiger partial charge < -0.3 is 9.73 Å². The fourth-order valence-corrected chi connectivity index (χ4v) is 2.67. The second-order valence-electron chi connectivity index (χ2n) is 4.87. The molecule has 1 atom stereocenters. The summed E-state index contributed by atoms with van der Waals surface area (Å²) in [5.74, 6) is 0.978. The first-order chi connectivity index (χ1) is 10.0. The molecule has 0 aliphatic rings. The van der Waals surface area contributed by atoms with E-state index >= 15 is 0 Å². The maximum Gasteiger partial charge on any atom is 0.273 e. The maximum atomic E-state index is 11.6. The van der Waals surface area contributed by atoms with Crippen LogP contribution in [-0.4, -0.2) is 22.0 Å². The molecule has 1 heterocycles. The van der Waals surface area contributed by atoms with Crippen LogP contribution < -0.4 is 10.0 Å². The van der Waals surface area contributed by atoms with Crippen molar-refractivity contribution >= 4 is 10.0 Å². The highest BCUT2D eigenvalue weighted by molar-refractivity contribution is 7.89. The van der Waals surface area contributed by atoms with Crippen molar-refractivity contribution in [3.63, 3.8) is 0 Å². The van der Waals surface area contributed by atoms with Crippen LogP contribution in [0.4, 0.5) is 0 Å². The van der Waals surface area contributed by atoms with E-state index in [1.807, 2.05) is 18.2 Å². The Hall–Kier alpha value is -1.63. The van der Waals surface area contributed by atoms with Gasteiger partial charge in [-0.25, -0.2) is 13.1 Å². The molecular weight excluding hydrogens is 288 g/mol. The zero-order valence-corrected chi connectivity index (χ0v) is 13.0. The zero-order chi connectivity index (χ0) is 15.3. The average molecular weight is 308 g/mol.